The number of aryl methyl sites for hydroxylation is 2. The third kappa shape index (κ3) is 3.65. The molecule has 0 N–H and O–H groups in total. The molecule has 2 saturated heterocycles. The molecular weight excluding hydrogens is 404 g/mol. The minimum atomic E-state index is -3.72. The van der Waals surface area contributed by atoms with Gasteiger partial charge in [-0.3, -0.25) is 4.79 Å². The normalized spacial score (nSPS) is 19.2. The first-order chi connectivity index (χ1) is 14.3. The topological polar surface area (TPSA) is 80.1 Å². The number of carbonyl (C=O) groups excluding carboxylic acids is 1. The summed E-state index contributed by atoms with van der Waals surface area (Å²) in [7, 11) is -3.72. The summed E-state index contributed by atoms with van der Waals surface area (Å²) in [6.45, 7) is 8.62. The maximum Gasteiger partial charge on any atom is 0.290 e. The summed E-state index contributed by atoms with van der Waals surface area (Å²) in [5.41, 5.74) is 2.56. The van der Waals surface area contributed by atoms with E-state index in [0.29, 0.717) is 61.5 Å². The molecule has 0 radical (unpaired) electrons. The minimum absolute atomic E-state index is 0.208. The van der Waals surface area contributed by atoms with E-state index < -0.39 is 10.0 Å². The van der Waals surface area contributed by atoms with Gasteiger partial charge in [0, 0.05) is 37.1 Å². The zero-order valence-electron chi connectivity index (χ0n) is 18.0. The number of benzene rings is 1. The van der Waals surface area contributed by atoms with Crippen molar-refractivity contribution >= 4 is 26.9 Å². The van der Waals surface area contributed by atoms with E-state index in [1.165, 1.54) is 0 Å². The molecule has 0 unspecified atom stereocenters. The third-order valence-corrected chi connectivity index (χ3v) is 8.40. The van der Waals surface area contributed by atoms with Gasteiger partial charge in [0.15, 0.2) is 11.3 Å². The van der Waals surface area contributed by atoms with Crippen LogP contribution in [0.5, 0.6) is 0 Å². The fraction of sp³-hybridized carbons (Fsp3) is 0.591. The fourth-order valence-corrected chi connectivity index (χ4v) is 6.31. The number of sulfonamides is 1. The van der Waals surface area contributed by atoms with Crippen LogP contribution in [0, 0.1) is 20.8 Å². The summed E-state index contributed by atoms with van der Waals surface area (Å²) in [5, 5.41) is 0.697. The number of hydrogen-bond donors (Lipinski definition) is 0. The standard InChI is InChI=1S/C22H30N2O5S/c1-15-14-18-17(3)19(22(25)23-10-12-28-13-11-23)29-20(18)21(16(15)2)30(26,27)24-8-6-4-5-7-9-24/h14H,4-13H2,1-3H3. The monoisotopic (exact) mass is 434 g/mol. The SMILES string of the molecule is Cc1cc2c(C)c(C(=O)N3CCOCC3)oc2c(S(=O)(=O)N2CCCCCC2)c1C. The molecule has 4 rings (SSSR count). The number of fused-ring (bicyclic) bond motifs is 1. The molecule has 0 bridgehead atoms. The first-order valence-corrected chi connectivity index (χ1v) is 12.2. The van der Waals surface area contributed by atoms with E-state index in [0.717, 1.165) is 31.2 Å². The quantitative estimate of drug-likeness (QED) is 0.740. The Bertz CT molecular complexity index is 1060. The average molecular weight is 435 g/mol. The van der Waals surface area contributed by atoms with E-state index in [1.54, 1.807) is 9.21 Å². The molecule has 1 aromatic heterocycles. The molecule has 0 atom stereocenters. The van der Waals surface area contributed by atoms with Crippen molar-refractivity contribution in [2.45, 2.75) is 51.3 Å². The number of nitrogens with zero attached hydrogens (tertiary/aromatic N) is 2. The second-order valence-corrected chi connectivity index (χ2v) is 10.2. The molecule has 0 aliphatic carbocycles. The molecule has 2 aliphatic rings. The first-order valence-electron chi connectivity index (χ1n) is 10.7. The number of hydrogen-bond acceptors (Lipinski definition) is 5. The predicted octanol–water partition coefficient (Wildman–Crippen LogP) is 3.40. The molecule has 2 aromatic rings. The van der Waals surface area contributed by atoms with Crippen LogP contribution < -0.4 is 0 Å². The number of rotatable bonds is 3. The lowest BCUT2D eigenvalue weighted by Crippen LogP contribution is -2.40. The first kappa shape index (κ1) is 21.3. The molecule has 30 heavy (non-hydrogen) atoms. The maximum atomic E-state index is 13.7. The summed E-state index contributed by atoms with van der Waals surface area (Å²) in [5.74, 6) is 0.0182. The van der Waals surface area contributed by atoms with Crippen molar-refractivity contribution in [1.29, 1.82) is 0 Å². The van der Waals surface area contributed by atoms with Gasteiger partial charge in [-0.2, -0.15) is 4.31 Å². The van der Waals surface area contributed by atoms with Crippen LogP contribution in [-0.2, 0) is 14.8 Å². The second-order valence-electron chi connectivity index (χ2n) is 8.30. The molecule has 0 spiro atoms. The summed E-state index contributed by atoms with van der Waals surface area (Å²) < 4.78 is 40.3. The van der Waals surface area contributed by atoms with Gasteiger partial charge in [0.2, 0.25) is 10.0 Å². The maximum absolute atomic E-state index is 13.7. The van der Waals surface area contributed by atoms with Gasteiger partial charge in [0.1, 0.15) is 4.90 Å². The van der Waals surface area contributed by atoms with Crippen LogP contribution >= 0.6 is 0 Å². The van der Waals surface area contributed by atoms with E-state index in [9.17, 15) is 13.2 Å². The lowest BCUT2D eigenvalue weighted by molar-refractivity contribution is 0.0283. The average Bonchev–Trinajstić information content (AvgIpc) is 2.92. The van der Waals surface area contributed by atoms with Crippen molar-refractivity contribution in [1.82, 2.24) is 9.21 Å². The van der Waals surface area contributed by atoms with Crippen LogP contribution in [0.1, 0.15) is 52.9 Å². The zero-order chi connectivity index (χ0) is 21.5. The van der Waals surface area contributed by atoms with Gasteiger partial charge in [0.25, 0.3) is 5.91 Å². The molecule has 3 heterocycles. The Morgan fingerprint density at radius 3 is 2.20 bits per heavy atom. The highest BCUT2D eigenvalue weighted by molar-refractivity contribution is 7.89. The number of furan rings is 1. The molecule has 7 nitrogen and oxygen atoms in total. The van der Waals surface area contributed by atoms with Crippen molar-refractivity contribution in [3.05, 3.63) is 28.5 Å². The Morgan fingerprint density at radius 1 is 0.933 bits per heavy atom. The van der Waals surface area contributed by atoms with Crippen molar-refractivity contribution in [3.8, 4) is 0 Å². The van der Waals surface area contributed by atoms with E-state index in [4.69, 9.17) is 9.15 Å². The van der Waals surface area contributed by atoms with E-state index >= 15 is 0 Å². The van der Waals surface area contributed by atoms with Crippen LogP contribution in [0.25, 0.3) is 11.0 Å². The summed E-state index contributed by atoms with van der Waals surface area (Å²) in [6.07, 6.45) is 3.83. The fourth-order valence-electron chi connectivity index (χ4n) is 4.38. The van der Waals surface area contributed by atoms with Crippen LogP contribution in [0.2, 0.25) is 0 Å². The summed E-state index contributed by atoms with van der Waals surface area (Å²) >= 11 is 0. The Morgan fingerprint density at radius 2 is 1.57 bits per heavy atom. The lowest BCUT2D eigenvalue weighted by Gasteiger charge is -2.26. The molecule has 8 heteroatoms. The molecule has 0 saturated carbocycles. The van der Waals surface area contributed by atoms with Crippen LogP contribution in [0.15, 0.2) is 15.4 Å². The highest BCUT2D eigenvalue weighted by Gasteiger charge is 2.33. The molecule has 2 aliphatic heterocycles. The smallest absolute Gasteiger partial charge is 0.290 e. The van der Waals surface area contributed by atoms with E-state index in [1.807, 2.05) is 26.8 Å². The van der Waals surface area contributed by atoms with Gasteiger partial charge in [-0.1, -0.05) is 12.8 Å². The highest BCUT2D eigenvalue weighted by Crippen LogP contribution is 2.37. The van der Waals surface area contributed by atoms with Crippen molar-refractivity contribution in [2.75, 3.05) is 39.4 Å². The van der Waals surface area contributed by atoms with E-state index in [2.05, 4.69) is 0 Å². The zero-order valence-corrected chi connectivity index (χ0v) is 18.8. The summed E-state index contributed by atoms with van der Waals surface area (Å²) in [6, 6.07) is 1.93. The largest absolute Gasteiger partial charge is 0.449 e. The van der Waals surface area contributed by atoms with Gasteiger partial charge in [-0.25, -0.2) is 8.42 Å². The molecule has 1 aromatic carbocycles. The Balaban J connectivity index is 1.85. The molecule has 1 amide bonds. The minimum Gasteiger partial charge on any atom is -0.449 e. The van der Waals surface area contributed by atoms with Gasteiger partial charge in [0.05, 0.1) is 13.2 Å². The number of morpholine rings is 1. The second kappa shape index (κ2) is 8.32. The molecule has 164 valence electrons. The molecule has 2 fully saturated rings. The van der Waals surface area contributed by atoms with Gasteiger partial charge >= 0.3 is 0 Å². The number of ether oxygens (including phenoxy) is 1. The van der Waals surface area contributed by atoms with Crippen molar-refractivity contribution < 1.29 is 22.4 Å². The predicted molar refractivity (Wildman–Crippen MR) is 114 cm³/mol. The molecular formula is C22H30N2O5S. The van der Waals surface area contributed by atoms with Crippen molar-refractivity contribution in [2.24, 2.45) is 0 Å². The van der Waals surface area contributed by atoms with Gasteiger partial charge < -0.3 is 14.1 Å². The van der Waals surface area contributed by atoms with Crippen LogP contribution in [-0.4, -0.2) is 62.9 Å². The Kier molecular flexibility index (Phi) is 5.92. The third-order valence-electron chi connectivity index (χ3n) is 6.35. The van der Waals surface area contributed by atoms with Crippen LogP contribution in [0.4, 0.5) is 0 Å². The highest BCUT2D eigenvalue weighted by atomic mass is 32.2. The Hall–Kier alpha value is -1.90. The van der Waals surface area contributed by atoms with Crippen molar-refractivity contribution in [3.63, 3.8) is 0 Å². The Labute approximate surface area is 178 Å². The van der Waals surface area contributed by atoms with E-state index in [-0.39, 0.29) is 16.6 Å². The number of amides is 1. The van der Waals surface area contributed by atoms with Gasteiger partial charge in [-0.15, -0.1) is 0 Å². The van der Waals surface area contributed by atoms with Gasteiger partial charge in [-0.05, 0) is 50.8 Å². The van der Waals surface area contributed by atoms with Crippen LogP contribution in [0.3, 0.4) is 0 Å². The number of carbonyl (C=O) groups is 1. The lowest BCUT2D eigenvalue weighted by atomic mass is 10.0. The summed E-state index contributed by atoms with van der Waals surface area (Å²) in [4.78, 5) is 15.0.